The number of ether oxygens (including phenoxy) is 3. The molecule has 3 heterocycles. The molecule has 0 spiro atoms. The molecular weight excluding hydrogens is 410 g/mol. The van der Waals surface area contributed by atoms with Gasteiger partial charge in [-0.15, -0.1) is 0 Å². The Bertz CT molecular complexity index is 1200. The summed E-state index contributed by atoms with van der Waals surface area (Å²) in [7, 11) is 0. The molecule has 1 fully saturated rings. The number of carbonyl (C=O) groups is 1. The van der Waals surface area contributed by atoms with Crippen molar-refractivity contribution in [2.24, 2.45) is 0 Å². The molecule has 8 nitrogen and oxygen atoms in total. The third kappa shape index (κ3) is 4.27. The van der Waals surface area contributed by atoms with Gasteiger partial charge in [-0.2, -0.15) is 0 Å². The molecule has 8 heteroatoms. The lowest BCUT2D eigenvalue weighted by Gasteiger charge is -2.25. The first-order valence-electron chi connectivity index (χ1n) is 10.7. The van der Waals surface area contributed by atoms with Crippen molar-refractivity contribution in [3.63, 3.8) is 0 Å². The van der Waals surface area contributed by atoms with Crippen LogP contribution in [0, 0.1) is 6.92 Å². The number of benzene rings is 2. The Labute approximate surface area is 185 Å². The predicted molar refractivity (Wildman–Crippen MR) is 120 cm³/mol. The maximum Gasteiger partial charge on any atom is 0.322 e. The summed E-state index contributed by atoms with van der Waals surface area (Å²) in [4.78, 5) is 30.5. The summed E-state index contributed by atoms with van der Waals surface area (Å²) >= 11 is 0. The fraction of sp³-hybridized carbons (Fsp3) is 0.333. The van der Waals surface area contributed by atoms with Gasteiger partial charge >= 0.3 is 6.03 Å². The fourth-order valence-corrected chi connectivity index (χ4v) is 4.06. The largest absolute Gasteiger partial charge is 0.454 e. The van der Waals surface area contributed by atoms with Crippen LogP contribution in [0.4, 0.5) is 10.5 Å². The van der Waals surface area contributed by atoms with Crippen LogP contribution in [-0.2, 0) is 11.3 Å². The van der Waals surface area contributed by atoms with Crippen molar-refractivity contribution in [1.82, 2.24) is 9.88 Å². The van der Waals surface area contributed by atoms with Gasteiger partial charge in [0.05, 0.1) is 18.2 Å². The van der Waals surface area contributed by atoms with Crippen molar-refractivity contribution < 1.29 is 19.0 Å². The normalized spacial score (nSPS) is 17.0. The zero-order valence-electron chi connectivity index (χ0n) is 17.8. The second kappa shape index (κ2) is 8.55. The zero-order valence-corrected chi connectivity index (χ0v) is 17.8. The van der Waals surface area contributed by atoms with Crippen LogP contribution in [0.15, 0.2) is 47.3 Å². The quantitative estimate of drug-likeness (QED) is 0.636. The van der Waals surface area contributed by atoms with Crippen molar-refractivity contribution in [3.05, 3.63) is 63.9 Å². The van der Waals surface area contributed by atoms with Crippen LogP contribution in [0.5, 0.6) is 11.5 Å². The number of H-pyrrole nitrogens is 1. The van der Waals surface area contributed by atoms with Crippen LogP contribution in [0.2, 0.25) is 0 Å². The van der Waals surface area contributed by atoms with E-state index >= 15 is 0 Å². The van der Waals surface area contributed by atoms with E-state index in [1.54, 1.807) is 17.0 Å². The standard InChI is InChI=1S/C24H25N3O5/c1-15-4-6-18(7-5-15)25-24(29)27(13-19-3-2-8-30-19)12-17-9-16-10-21-22(32-14-31-21)11-20(16)26-23(17)28/h4-7,9-11,19H,2-3,8,12-14H2,1H3,(H,25,29)(H,26,28). The second-order valence-electron chi connectivity index (χ2n) is 8.23. The van der Waals surface area contributed by atoms with Gasteiger partial charge in [-0.3, -0.25) is 4.79 Å². The number of fused-ring (bicyclic) bond motifs is 2. The van der Waals surface area contributed by atoms with Crippen LogP contribution in [0.1, 0.15) is 24.0 Å². The molecule has 2 N–H and O–H groups in total. The molecule has 2 aromatic carbocycles. The third-order valence-corrected chi connectivity index (χ3v) is 5.81. The van der Waals surface area contributed by atoms with Gasteiger partial charge in [0.25, 0.3) is 5.56 Å². The summed E-state index contributed by atoms with van der Waals surface area (Å²) in [6.07, 6.45) is 1.83. The molecule has 166 valence electrons. The number of amides is 2. The number of hydrogen-bond donors (Lipinski definition) is 2. The molecule has 1 unspecified atom stereocenters. The number of aryl methyl sites for hydroxylation is 1. The predicted octanol–water partition coefficient (Wildman–Crippen LogP) is 3.78. The molecule has 1 atom stereocenters. The molecule has 1 saturated heterocycles. The van der Waals surface area contributed by atoms with Crippen molar-refractivity contribution in [1.29, 1.82) is 0 Å². The molecule has 32 heavy (non-hydrogen) atoms. The minimum absolute atomic E-state index is 0.0351. The Balaban J connectivity index is 1.42. The van der Waals surface area contributed by atoms with E-state index in [0.717, 1.165) is 23.8 Å². The average molecular weight is 435 g/mol. The lowest BCUT2D eigenvalue weighted by atomic mass is 10.1. The van der Waals surface area contributed by atoms with Crippen LogP contribution in [0.3, 0.4) is 0 Å². The number of aromatic nitrogens is 1. The van der Waals surface area contributed by atoms with E-state index in [-0.39, 0.29) is 31.0 Å². The molecule has 1 aromatic heterocycles. The van der Waals surface area contributed by atoms with Crippen LogP contribution < -0.4 is 20.3 Å². The number of nitrogens with zero attached hydrogens (tertiary/aromatic N) is 1. The van der Waals surface area contributed by atoms with Crippen molar-refractivity contribution in [3.8, 4) is 11.5 Å². The molecule has 3 aromatic rings. The monoisotopic (exact) mass is 435 g/mol. The highest BCUT2D eigenvalue weighted by atomic mass is 16.7. The van der Waals surface area contributed by atoms with Gasteiger partial charge in [-0.1, -0.05) is 17.7 Å². The molecule has 2 aliphatic rings. The molecule has 2 amide bonds. The maximum absolute atomic E-state index is 13.1. The van der Waals surface area contributed by atoms with E-state index in [1.807, 2.05) is 37.3 Å². The molecule has 5 rings (SSSR count). The summed E-state index contributed by atoms with van der Waals surface area (Å²) in [6, 6.07) is 12.8. The second-order valence-corrected chi connectivity index (χ2v) is 8.23. The number of aromatic amines is 1. The molecule has 0 aliphatic carbocycles. The summed E-state index contributed by atoms with van der Waals surface area (Å²) in [5, 5.41) is 3.76. The molecule has 2 aliphatic heterocycles. The maximum atomic E-state index is 13.1. The first kappa shape index (κ1) is 20.4. The van der Waals surface area contributed by atoms with Crippen LogP contribution >= 0.6 is 0 Å². The minimum Gasteiger partial charge on any atom is -0.454 e. The van der Waals surface area contributed by atoms with Gasteiger partial charge in [0.15, 0.2) is 11.5 Å². The number of carbonyl (C=O) groups excluding carboxylic acids is 1. The van der Waals surface area contributed by atoms with E-state index in [2.05, 4.69) is 10.3 Å². The molecular formula is C24H25N3O5. The van der Waals surface area contributed by atoms with E-state index in [1.165, 1.54) is 0 Å². The van der Waals surface area contributed by atoms with Gasteiger partial charge in [0.2, 0.25) is 6.79 Å². The highest BCUT2D eigenvalue weighted by molar-refractivity contribution is 5.89. The van der Waals surface area contributed by atoms with Gasteiger partial charge in [-0.25, -0.2) is 4.79 Å². The molecule has 0 radical (unpaired) electrons. The first-order chi connectivity index (χ1) is 15.5. The van der Waals surface area contributed by atoms with Crippen LogP contribution in [0.25, 0.3) is 10.9 Å². The molecule has 0 saturated carbocycles. The average Bonchev–Trinajstić information content (AvgIpc) is 3.45. The van der Waals surface area contributed by atoms with Crippen LogP contribution in [-0.4, -0.2) is 42.0 Å². The van der Waals surface area contributed by atoms with E-state index in [0.29, 0.717) is 41.4 Å². The smallest absolute Gasteiger partial charge is 0.322 e. The summed E-state index contributed by atoms with van der Waals surface area (Å²) < 4.78 is 16.6. The van der Waals surface area contributed by atoms with Crippen molar-refractivity contribution in [2.75, 3.05) is 25.3 Å². The number of anilines is 1. The Morgan fingerprint density at radius 3 is 2.69 bits per heavy atom. The molecule has 0 bridgehead atoms. The number of pyridine rings is 1. The van der Waals surface area contributed by atoms with E-state index in [4.69, 9.17) is 14.2 Å². The van der Waals surface area contributed by atoms with Gasteiger partial charge in [-0.05, 0) is 44.0 Å². The zero-order chi connectivity index (χ0) is 22.1. The van der Waals surface area contributed by atoms with E-state index < -0.39 is 0 Å². The van der Waals surface area contributed by atoms with E-state index in [9.17, 15) is 9.59 Å². The van der Waals surface area contributed by atoms with Gasteiger partial charge in [0, 0.05) is 35.9 Å². The fourth-order valence-electron chi connectivity index (χ4n) is 4.06. The minimum atomic E-state index is -0.269. The van der Waals surface area contributed by atoms with Gasteiger partial charge < -0.3 is 29.4 Å². The Hall–Kier alpha value is -3.52. The highest BCUT2D eigenvalue weighted by Gasteiger charge is 2.24. The topological polar surface area (TPSA) is 92.9 Å². The van der Waals surface area contributed by atoms with Crippen molar-refractivity contribution in [2.45, 2.75) is 32.4 Å². The first-order valence-corrected chi connectivity index (χ1v) is 10.7. The lowest BCUT2D eigenvalue weighted by molar-refractivity contribution is 0.0818. The van der Waals surface area contributed by atoms with Crippen molar-refractivity contribution >= 4 is 22.6 Å². The third-order valence-electron chi connectivity index (χ3n) is 5.81. The summed E-state index contributed by atoms with van der Waals surface area (Å²) in [6.45, 7) is 3.43. The number of hydrogen-bond acceptors (Lipinski definition) is 5. The summed E-state index contributed by atoms with van der Waals surface area (Å²) in [5.41, 5.74) is 2.74. The summed E-state index contributed by atoms with van der Waals surface area (Å²) in [5.74, 6) is 1.25. The number of nitrogens with one attached hydrogen (secondary N) is 2. The highest BCUT2D eigenvalue weighted by Crippen LogP contribution is 2.35. The Morgan fingerprint density at radius 2 is 1.94 bits per heavy atom. The SMILES string of the molecule is Cc1ccc(NC(=O)N(Cc2cc3cc4c(cc3[nH]c2=O)OCO4)CC2CCCO2)cc1. The Kier molecular flexibility index (Phi) is 5.45. The van der Waals surface area contributed by atoms with Gasteiger partial charge in [0.1, 0.15) is 0 Å². The Morgan fingerprint density at radius 1 is 1.16 bits per heavy atom. The number of rotatable bonds is 5. The number of urea groups is 1. The lowest BCUT2D eigenvalue weighted by Crippen LogP contribution is -2.40.